The molecule has 68 valence electrons. The van der Waals surface area contributed by atoms with Gasteiger partial charge in [-0.3, -0.25) is 4.79 Å². The number of aromatic carboxylic acids is 1. The van der Waals surface area contributed by atoms with Crippen molar-refractivity contribution >= 4 is 12.3 Å². The van der Waals surface area contributed by atoms with E-state index >= 15 is 0 Å². The van der Waals surface area contributed by atoms with E-state index in [1.807, 2.05) is 0 Å². The Balaban J connectivity index is 3.47. The minimum absolute atomic E-state index is 0.0929. The third kappa shape index (κ3) is 1.69. The number of hydrogen-bond donors (Lipinski definition) is 1. The van der Waals surface area contributed by atoms with Gasteiger partial charge in [-0.15, -0.1) is 0 Å². The van der Waals surface area contributed by atoms with Crippen molar-refractivity contribution < 1.29 is 23.5 Å². The molecule has 1 N–H and O–H groups in total. The molecule has 5 heteroatoms. The highest BCUT2D eigenvalue weighted by Gasteiger charge is 2.16. The van der Waals surface area contributed by atoms with E-state index in [-0.39, 0.29) is 6.29 Å². The van der Waals surface area contributed by atoms with Gasteiger partial charge in [0.1, 0.15) is 17.2 Å². The second kappa shape index (κ2) is 3.30. The summed E-state index contributed by atoms with van der Waals surface area (Å²) >= 11 is 0. The van der Waals surface area contributed by atoms with Crippen molar-refractivity contribution in [2.24, 2.45) is 0 Å². The summed E-state index contributed by atoms with van der Waals surface area (Å²) in [6.07, 6.45) is 0.0929. The first-order chi connectivity index (χ1) is 6.06. The molecule has 1 aromatic rings. The monoisotopic (exact) mass is 186 g/mol. The van der Waals surface area contributed by atoms with Crippen molar-refractivity contribution in [3.63, 3.8) is 0 Å². The van der Waals surface area contributed by atoms with Gasteiger partial charge in [0.2, 0.25) is 0 Å². The molecule has 0 aromatic heterocycles. The third-order valence-electron chi connectivity index (χ3n) is 1.43. The lowest BCUT2D eigenvalue weighted by Crippen LogP contribution is -2.06. The molecule has 0 radical (unpaired) electrons. The molecule has 0 aliphatic carbocycles. The minimum Gasteiger partial charge on any atom is -0.478 e. The normalized spacial score (nSPS) is 9.69. The van der Waals surface area contributed by atoms with Gasteiger partial charge in [0.25, 0.3) is 0 Å². The second-order valence-electron chi connectivity index (χ2n) is 2.27. The number of benzene rings is 1. The fourth-order valence-corrected chi connectivity index (χ4v) is 0.912. The van der Waals surface area contributed by atoms with E-state index < -0.39 is 28.7 Å². The van der Waals surface area contributed by atoms with Crippen LogP contribution in [0.1, 0.15) is 20.7 Å². The molecular weight excluding hydrogens is 182 g/mol. The Morgan fingerprint density at radius 1 is 1.38 bits per heavy atom. The Bertz CT molecular complexity index is 374. The summed E-state index contributed by atoms with van der Waals surface area (Å²) in [6.45, 7) is 0. The molecule has 0 fully saturated rings. The van der Waals surface area contributed by atoms with E-state index in [2.05, 4.69) is 0 Å². The van der Waals surface area contributed by atoms with Gasteiger partial charge in [-0.1, -0.05) is 0 Å². The summed E-state index contributed by atoms with van der Waals surface area (Å²) in [5.41, 5.74) is -1.32. The standard InChI is InChI=1S/C8H4F2O3/c9-5-1-4(3-11)7(8(12)13)6(10)2-5/h1-3H,(H,12,13). The molecule has 3 nitrogen and oxygen atoms in total. The zero-order valence-corrected chi connectivity index (χ0v) is 6.25. The summed E-state index contributed by atoms with van der Waals surface area (Å²) in [5.74, 6) is -3.83. The minimum atomic E-state index is -1.60. The first kappa shape index (κ1) is 9.31. The van der Waals surface area contributed by atoms with Crippen LogP contribution >= 0.6 is 0 Å². The third-order valence-corrected chi connectivity index (χ3v) is 1.43. The van der Waals surface area contributed by atoms with Gasteiger partial charge in [0, 0.05) is 11.6 Å². The number of carboxylic acids is 1. The van der Waals surface area contributed by atoms with Crippen molar-refractivity contribution in [3.05, 3.63) is 34.9 Å². The van der Waals surface area contributed by atoms with Gasteiger partial charge in [0.15, 0.2) is 6.29 Å². The Morgan fingerprint density at radius 2 is 2.00 bits per heavy atom. The number of rotatable bonds is 2. The van der Waals surface area contributed by atoms with Crippen LogP contribution in [0.5, 0.6) is 0 Å². The van der Waals surface area contributed by atoms with Crippen LogP contribution in [0.3, 0.4) is 0 Å². The average molecular weight is 186 g/mol. The van der Waals surface area contributed by atoms with Gasteiger partial charge in [-0.2, -0.15) is 0 Å². The summed E-state index contributed by atoms with van der Waals surface area (Å²) in [6, 6.07) is 1.08. The van der Waals surface area contributed by atoms with Gasteiger partial charge in [-0.25, -0.2) is 13.6 Å². The SMILES string of the molecule is O=Cc1cc(F)cc(F)c1C(=O)O. The lowest BCUT2D eigenvalue weighted by molar-refractivity contribution is 0.0688. The van der Waals surface area contributed by atoms with Gasteiger partial charge in [0.05, 0.1) is 0 Å². The van der Waals surface area contributed by atoms with E-state index in [1.165, 1.54) is 0 Å². The Hall–Kier alpha value is -1.78. The molecule has 0 aliphatic rings. The van der Waals surface area contributed by atoms with Crippen LogP contribution in [0.25, 0.3) is 0 Å². The molecule has 0 amide bonds. The van der Waals surface area contributed by atoms with Crippen molar-refractivity contribution in [2.45, 2.75) is 0 Å². The van der Waals surface area contributed by atoms with E-state index in [1.54, 1.807) is 0 Å². The highest BCUT2D eigenvalue weighted by Crippen LogP contribution is 2.14. The van der Waals surface area contributed by atoms with Crippen molar-refractivity contribution in [1.29, 1.82) is 0 Å². The van der Waals surface area contributed by atoms with Crippen LogP contribution in [0.4, 0.5) is 8.78 Å². The molecule has 0 aliphatic heterocycles. The molecule has 1 aromatic carbocycles. The van der Waals surface area contributed by atoms with Gasteiger partial charge >= 0.3 is 5.97 Å². The molecule has 0 saturated heterocycles. The molecule has 0 atom stereocenters. The van der Waals surface area contributed by atoms with Crippen LogP contribution in [-0.4, -0.2) is 17.4 Å². The summed E-state index contributed by atoms with van der Waals surface area (Å²) in [5, 5.41) is 8.45. The number of hydrogen-bond acceptors (Lipinski definition) is 2. The first-order valence-corrected chi connectivity index (χ1v) is 3.23. The molecule has 13 heavy (non-hydrogen) atoms. The molecule has 0 saturated carbocycles. The number of halogens is 2. The van der Waals surface area contributed by atoms with Crippen molar-refractivity contribution in [1.82, 2.24) is 0 Å². The molecule has 1 rings (SSSR count). The fourth-order valence-electron chi connectivity index (χ4n) is 0.912. The fraction of sp³-hybridized carbons (Fsp3) is 0. The maximum absolute atomic E-state index is 12.8. The number of aldehydes is 1. The highest BCUT2D eigenvalue weighted by molar-refractivity contribution is 5.97. The predicted octanol–water partition coefficient (Wildman–Crippen LogP) is 1.48. The van der Waals surface area contributed by atoms with Crippen LogP contribution in [0, 0.1) is 11.6 Å². The average Bonchev–Trinajstić information content (AvgIpc) is 2.01. The molecular formula is C8H4F2O3. The topological polar surface area (TPSA) is 54.4 Å². The van der Waals surface area contributed by atoms with Crippen LogP contribution in [-0.2, 0) is 0 Å². The van der Waals surface area contributed by atoms with E-state index in [0.717, 1.165) is 0 Å². The zero-order valence-electron chi connectivity index (χ0n) is 6.25. The van der Waals surface area contributed by atoms with Gasteiger partial charge < -0.3 is 5.11 Å². The van der Waals surface area contributed by atoms with Crippen molar-refractivity contribution in [3.8, 4) is 0 Å². The number of carbonyl (C=O) groups excluding carboxylic acids is 1. The summed E-state index contributed by atoms with van der Waals surface area (Å²) in [7, 11) is 0. The number of carbonyl (C=O) groups is 2. The van der Waals surface area contributed by atoms with E-state index in [0.29, 0.717) is 12.1 Å². The van der Waals surface area contributed by atoms with E-state index in [9.17, 15) is 18.4 Å². The molecule has 0 spiro atoms. The zero-order chi connectivity index (χ0) is 10.0. The lowest BCUT2D eigenvalue weighted by atomic mass is 10.1. The largest absolute Gasteiger partial charge is 0.478 e. The van der Waals surface area contributed by atoms with Crippen LogP contribution < -0.4 is 0 Å². The summed E-state index contributed by atoms with van der Waals surface area (Å²) < 4.78 is 25.2. The smallest absolute Gasteiger partial charge is 0.339 e. The predicted molar refractivity (Wildman–Crippen MR) is 38.7 cm³/mol. The Labute approximate surface area is 71.6 Å². The Morgan fingerprint density at radius 3 is 2.46 bits per heavy atom. The van der Waals surface area contributed by atoms with Gasteiger partial charge in [-0.05, 0) is 6.07 Å². The quantitative estimate of drug-likeness (QED) is 0.711. The lowest BCUT2D eigenvalue weighted by Gasteiger charge is -2.00. The molecule has 0 bridgehead atoms. The summed E-state index contributed by atoms with van der Waals surface area (Å²) in [4.78, 5) is 20.6. The number of carboxylic acid groups (broad SMARTS) is 1. The van der Waals surface area contributed by atoms with Crippen LogP contribution in [0.15, 0.2) is 12.1 Å². The highest BCUT2D eigenvalue weighted by atomic mass is 19.1. The molecule has 0 unspecified atom stereocenters. The van der Waals surface area contributed by atoms with Crippen LogP contribution in [0.2, 0.25) is 0 Å². The molecule has 0 heterocycles. The first-order valence-electron chi connectivity index (χ1n) is 3.23. The van der Waals surface area contributed by atoms with E-state index in [4.69, 9.17) is 5.11 Å². The van der Waals surface area contributed by atoms with Crippen molar-refractivity contribution in [2.75, 3.05) is 0 Å². The second-order valence-corrected chi connectivity index (χ2v) is 2.27. The maximum Gasteiger partial charge on any atom is 0.339 e. The maximum atomic E-state index is 12.8. The Kier molecular flexibility index (Phi) is 2.36.